The number of carbonyl (C=O) groups is 2. The number of rotatable bonds is 13. The minimum absolute atomic E-state index is 0.248. The number of benzene rings is 2. The summed E-state index contributed by atoms with van der Waals surface area (Å²) in [6.45, 7) is 4.53. The first kappa shape index (κ1) is 33.6. The van der Waals surface area contributed by atoms with E-state index >= 15 is 0 Å². The van der Waals surface area contributed by atoms with Gasteiger partial charge in [0.15, 0.2) is 6.10 Å². The van der Waals surface area contributed by atoms with E-state index in [0.717, 1.165) is 71.7 Å². The largest absolute Gasteiger partial charge is 0.510 e. The lowest BCUT2D eigenvalue weighted by atomic mass is 9.86. The maximum Gasteiger partial charge on any atom is 0.510 e. The van der Waals surface area contributed by atoms with E-state index in [9.17, 15) is 9.59 Å². The van der Waals surface area contributed by atoms with Crippen molar-refractivity contribution in [1.82, 2.24) is 0 Å². The van der Waals surface area contributed by atoms with Crippen molar-refractivity contribution in [1.29, 1.82) is 0 Å². The van der Waals surface area contributed by atoms with Crippen LogP contribution in [0.2, 0.25) is 0 Å². The molecule has 2 fully saturated rings. The van der Waals surface area contributed by atoms with Gasteiger partial charge in [-0.2, -0.15) is 0 Å². The van der Waals surface area contributed by atoms with Gasteiger partial charge in [-0.15, -0.1) is 0 Å². The molecule has 1 aliphatic carbocycles. The quantitative estimate of drug-likeness (QED) is 0.113. The van der Waals surface area contributed by atoms with Crippen LogP contribution in [0.1, 0.15) is 102 Å². The Morgan fingerprint density at radius 1 is 0.810 bits per heavy atom. The molecule has 7 nitrogen and oxygen atoms in total. The van der Waals surface area contributed by atoms with Crippen LogP contribution in [0.5, 0.6) is 0 Å². The minimum atomic E-state index is -1.76. The first-order valence-corrected chi connectivity index (χ1v) is 15.9. The molecule has 2 aromatic carbocycles. The van der Waals surface area contributed by atoms with Gasteiger partial charge in [-0.3, -0.25) is 0 Å². The van der Waals surface area contributed by atoms with Crippen molar-refractivity contribution >= 4 is 12.1 Å². The normalized spacial score (nSPS) is 19.2. The summed E-state index contributed by atoms with van der Waals surface area (Å²) < 4.78 is 21.4. The third-order valence-electron chi connectivity index (χ3n) is 8.24. The number of ether oxygens (including phenoxy) is 3. The third kappa shape index (κ3) is 9.56. The molecule has 1 saturated carbocycles. The van der Waals surface area contributed by atoms with Gasteiger partial charge in [-0.25, -0.2) is 9.59 Å². The third-order valence-corrected chi connectivity index (χ3v) is 8.24. The zero-order valence-electron chi connectivity index (χ0n) is 25.6. The van der Waals surface area contributed by atoms with Gasteiger partial charge in [0, 0.05) is 37.5 Å². The average molecular weight is 584 g/mol. The molecule has 0 amide bonds. The summed E-state index contributed by atoms with van der Waals surface area (Å²) in [4.78, 5) is 27.5. The van der Waals surface area contributed by atoms with Crippen LogP contribution in [0.3, 0.4) is 0 Å². The fourth-order valence-electron chi connectivity index (χ4n) is 6.03. The number of aliphatic hydroxyl groups excluding tert-OH is 1. The number of hydrogen-bond donors (Lipinski definition) is 1. The molecule has 0 spiro atoms. The lowest BCUT2D eigenvalue weighted by molar-refractivity contribution is -0.187. The standard InChI is InChI=1S/C34H47O6.CH4O/c1-2-3-4-5-6-15-24-37-33(36)39-34(28-18-9-7-10-19-28,29-20-11-8-12-21-29)32(35)38-30-22-13-14-23-31(27-30)40-25-16-17-26-40;1-2/h7-12,18-21,30-31H,2-6,13-17,22-27H2,1H3;2H,1H3/q+1;. The van der Waals surface area contributed by atoms with Crippen molar-refractivity contribution in [3.8, 4) is 0 Å². The number of unbranched alkanes of at least 4 members (excludes halogenated alkanes) is 5. The van der Waals surface area contributed by atoms with Crippen molar-refractivity contribution in [2.45, 2.75) is 108 Å². The molecule has 2 aromatic rings. The maximum absolute atomic E-state index is 14.3. The monoisotopic (exact) mass is 583 g/mol. The van der Waals surface area contributed by atoms with Crippen molar-refractivity contribution in [3.05, 3.63) is 71.8 Å². The molecule has 0 radical (unpaired) electrons. The average Bonchev–Trinajstić information content (AvgIpc) is 3.48. The van der Waals surface area contributed by atoms with Crippen LogP contribution in [-0.2, 0) is 29.0 Å². The second-order valence-electron chi connectivity index (χ2n) is 11.2. The molecule has 1 aliphatic heterocycles. The first-order valence-electron chi connectivity index (χ1n) is 15.9. The Hall–Kier alpha value is -2.90. The topological polar surface area (TPSA) is 84.8 Å². The van der Waals surface area contributed by atoms with E-state index in [1.807, 2.05) is 60.7 Å². The lowest BCUT2D eigenvalue weighted by Gasteiger charge is -2.33. The van der Waals surface area contributed by atoms with Gasteiger partial charge in [0.2, 0.25) is 0 Å². The molecular weight excluding hydrogens is 532 g/mol. The molecule has 232 valence electrons. The Kier molecular flexibility index (Phi) is 14.9. The first-order chi connectivity index (χ1) is 20.6. The fourth-order valence-corrected chi connectivity index (χ4v) is 6.03. The molecule has 1 saturated heterocycles. The van der Waals surface area contributed by atoms with Crippen LogP contribution in [0.15, 0.2) is 60.7 Å². The number of aliphatic hydroxyl groups is 1. The van der Waals surface area contributed by atoms with E-state index in [0.29, 0.717) is 17.2 Å². The SMILES string of the molecule is CCCCCCCCOC(=O)OC(C(=O)OC1CCCCC([O+]2CCCC2)C1)(c1ccccc1)c1ccccc1.CO. The highest BCUT2D eigenvalue weighted by atomic mass is 16.7. The molecule has 0 aromatic heterocycles. The summed E-state index contributed by atoms with van der Waals surface area (Å²) in [6.07, 6.45) is 12.9. The predicted molar refractivity (Wildman–Crippen MR) is 164 cm³/mol. The zero-order valence-corrected chi connectivity index (χ0v) is 25.6. The second kappa shape index (κ2) is 18.6. The summed E-state index contributed by atoms with van der Waals surface area (Å²) in [5.74, 6) is -0.571. The van der Waals surface area contributed by atoms with Crippen molar-refractivity contribution in [2.24, 2.45) is 0 Å². The van der Waals surface area contributed by atoms with E-state index < -0.39 is 17.7 Å². The second-order valence-corrected chi connectivity index (χ2v) is 11.2. The molecular formula is C35H51O7+. The van der Waals surface area contributed by atoms with Gasteiger partial charge in [-0.1, -0.05) is 99.7 Å². The molecule has 7 heteroatoms. The minimum Gasteiger partial charge on any atom is -0.459 e. The molecule has 2 aliphatic rings. The van der Waals surface area contributed by atoms with E-state index in [-0.39, 0.29) is 12.7 Å². The Labute approximate surface area is 252 Å². The molecule has 42 heavy (non-hydrogen) atoms. The summed E-state index contributed by atoms with van der Waals surface area (Å²) >= 11 is 0. The fraction of sp³-hybridized carbons (Fsp3) is 0.600. The Morgan fingerprint density at radius 3 is 2.00 bits per heavy atom. The van der Waals surface area contributed by atoms with E-state index in [2.05, 4.69) is 11.3 Å². The van der Waals surface area contributed by atoms with E-state index in [1.54, 1.807) is 0 Å². The van der Waals surface area contributed by atoms with Crippen LogP contribution in [0, 0.1) is 0 Å². The van der Waals surface area contributed by atoms with Crippen molar-refractivity contribution < 1.29 is 33.3 Å². The van der Waals surface area contributed by atoms with Crippen LogP contribution < -0.4 is 0 Å². The van der Waals surface area contributed by atoms with Crippen molar-refractivity contribution in [3.63, 3.8) is 0 Å². The highest BCUT2D eigenvalue weighted by molar-refractivity contribution is 5.88. The molecule has 0 bridgehead atoms. The van der Waals surface area contributed by atoms with Gasteiger partial charge >= 0.3 is 12.1 Å². The number of hydrogen-bond acceptors (Lipinski definition) is 6. The van der Waals surface area contributed by atoms with Crippen LogP contribution in [-0.4, -0.2) is 56.4 Å². The summed E-state index contributed by atoms with van der Waals surface area (Å²) in [5.41, 5.74) is -0.674. The van der Waals surface area contributed by atoms with Crippen LogP contribution in [0.4, 0.5) is 4.79 Å². The van der Waals surface area contributed by atoms with E-state index in [4.69, 9.17) is 19.3 Å². The summed E-state index contributed by atoms with van der Waals surface area (Å²) in [6, 6.07) is 18.4. The zero-order chi connectivity index (χ0) is 30.0. The Bertz CT molecular complexity index is 981. The van der Waals surface area contributed by atoms with E-state index in [1.165, 1.54) is 32.1 Å². The number of carbonyl (C=O) groups excluding carboxylic acids is 2. The Morgan fingerprint density at radius 2 is 1.38 bits per heavy atom. The predicted octanol–water partition coefficient (Wildman–Crippen LogP) is 7.64. The van der Waals surface area contributed by atoms with Gasteiger partial charge in [-0.05, 0) is 25.7 Å². The maximum atomic E-state index is 14.3. The van der Waals surface area contributed by atoms with Crippen LogP contribution in [0.25, 0.3) is 0 Å². The molecule has 1 heterocycles. The van der Waals surface area contributed by atoms with Gasteiger partial charge in [0.25, 0.3) is 5.60 Å². The Balaban J connectivity index is 0.00000237. The molecule has 1 N–H and O–H groups in total. The number of esters is 1. The lowest BCUT2D eigenvalue weighted by Crippen LogP contribution is -2.45. The molecule has 4 rings (SSSR count). The smallest absolute Gasteiger partial charge is 0.459 e. The summed E-state index contributed by atoms with van der Waals surface area (Å²) in [7, 11) is 1.00. The highest BCUT2D eigenvalue weighted by Crippen LogP contribution is 2.38. The van der Waals surface area contributed by atoms with Gasteiger partial charge in [0.05, 0.1) is 13.0 Å². The van der Waals surface area contributed by atoms with Crippen LogP contribution >= 0.6 is 0 Å². The van der Waals surface area contributed by atoms with Crippen molar-refractivity contribution in [2.75, 3.05) is 26.9 Å². The van der Waals surface area contributed by atoms with Gasteiger partial charge < -0.3 is 23.7 Å². The van der Waals surface area contributed by atoms with Gasteiger partial charge in [0.1, 0.15) is 19.3 Å². The molecule has 2 unspecified atom stereocenters. The highest BCUT2D eigenvalue weighted by Gasteiger charge is 2.50. The molecule has 2 atom stereocenters. The summed E-state index contributed by atoms with van der Waals surface area (Å²) in [5, 5.41) is 7.00.